The first-order chi connectivity index (χ1) is 21.1. The van der Waals surface area contributed by atoms with Crippen LogP contribution >= 0.6 is 0 Å². The molecule has 44 heavy (non-hydrogen) atoms. The summed E-state index contributed by atoms with van der Waals surface area (Å²) in [6, 6.07) is 10.0. The van der Waals surface area contributed by atoms with Crippen LogP contribution in [0, 0.1) is 18.8 Å². The first kappa shape index (κ1) is 33.3. The highest BCUT2D eigenvalue weighted by Crippen LogP contribution is 2.42. The van der Waals surface area contributed by atoms with E-state index in [1.807, 2.05) is 19.1 Å². The van der Waals surface area contributed by atoms with Crippen molar-refractivity contribution in [2.45, 2.75) is 53.5 Å². The average molecular weight is 609 g/mol. The summed E-state index contributed by atoms with van der Waals surface area (Å²) in [5, 5.41) is 11.6. The van der Waals surface area contributed by atoms with Crippen molar-refractivity contribution in [1.82, 2.24) is 9.80 Å². The minimum atomic E-state index is -0.782. The van der Waals surface area contributed by atoms with Gasteiger partial charge in [0.05, 0.1) is 45.2 Å². The van der Waals surface area contributed by atoms with E-state index in [-0.39, 0.29) is 11.3 Å². The van der Waals surface area contributed by atoms with Crippen LogP contribution in [0.5, 0.6) is 17.2 Å². The van der Waals surface area contributed by atoms with Crippen molar-refractivity contribution < 1.29 is 33.6 Å². The molecule has 1 unspecified atom stereocenters. The number of aryl methyl sites for hydroxylation is 1. The molecule has 1 atom stereocenters. The van der Waals surface area contributed by atoms with Gasteiger partial charge in [-0.15, -0.1) is 0 Å². The number of morpholine rings is 1. The van der Waals surface area contributed by atoms with E-state index in [0.717, 1.165) is 31.6 Å². The molecule has 9 nitrogen and oxygen atoms in total. The van der Waals surface area contributed by atoms with Crippen LogP contribution in [0.25, 0.3) is 5.76 Å². The summed E-state index contributed by atoms with van der Waals surface area (Å²) in [7, 11) is 1.57. The molecular weight excluding hydrogens is 560 g/mol. The van der Waals surface area contributed by atoms with Gasteiger partial charge in [-0.2, -0.15) is 0 Å². The third-order valence-corrected chi connectivity index (χ3v) is 7.99. The highest BCUT2D eigenvalue weighted by atomic mass is 16.5. The van der Waals surface area contributed by atoms with Gasteiger partial charge in [-0.1, -0.05) is 33.8 Å². The van der Waals surface area contributed by atoms with Crippen LogP contribution in [-0.2, 0) is 14.3 Å². The van der Waals surface area contributed by atoms with Gasteiger partial charge in [0.2, 0.25) is 0 Å². The standard InChI is InChI=1S/C35H48N2O7/c1-23(2)12-17-43-29-11-8-26(21-30(29)41-6)32-31(33(38)27-9-10-28(25(5)20-27)44-22-24(3)4)34(39)35(40)37(32)14-7-13-36-15-18-42-19-16-36/h8-11,20-21,23-24,32,38H,7,12-19,22H2,1-6H3. The molecule has 240 valence electrons. The molecule has 2 aliphatic rings. The van der Waals surface area contributed by atoms with Gasteiger partial charge in [0, 0.05) is 31.7 Å². The summed E-state index contributed by atoms with van der Waals surface area (Å²) in [5.41, 5.74) is 2.01. The van der Waals surface area contributed by atoms with Crippen LogP contribution in [0.1, 0.15) is 63.3 Å². The molecule has 2 aromatic rings. The van der Waals surface area contributed by atoms with Crippen LogP contribution in [0.15, 0.2) is 42.0 Å². The van der Waals surface area contributed by atoms with Crippen molar-refractivity contribution >= 4 is 17.4 Å². The van der Waals surface area contributed by atoms with Crippen LogP contribution in [0.2, 0.25) is 0 Å². The van der Waals surface area contributed by atoms with E-state index in [1.165, 1.54) is 0 Å². The van der Waals surface area contributed by atoms with Crippen molar-refractivity contribution in [2.75, 3.05) is 59.7 Å². The Morgan fingerprint density at radius 3 is 2.34 bits per heavy atom. The van der Waals surface area contributed by atoms with Crippen LogP contribution < -0.4 is 14.2 Å². The Labute approximate surface area is 261 Å². The number of aliphatic hydroxyl groups excluding tert-OH is 1. The molecule has 2 fully saturated rings. The van der Waals surface area contributed by atoms with Gasteiger partial charge in [0.1, 0.15) is 11.5 Å². The summed E-state index contributed by atoms with van der Waals surface area (Å²) in [6.07, 6.45) is 1.58. The smallest absolute Gasteiger partial charge is 0.295 e. The summed E-state index contributed by atoms with van der Waals surface area (Å²) < 4.78 is 23.0. The minimum absolute atomic E-state index is 0.0622. The molecular formula is C35H48N2O7. The Morgan fingerprint density at radius 1 is 0.955 bits per heavy atom. The summed E-state index contributed by atoms with van der Waals surface area (Å²) in [6.45, 7) is 15.7. The quantitative estimate of drug-likeness (QED) is 0.168. The summed E-state index contributed by atoms with van der Waals surface area (Å²) in [4.78, 5) is 31.0. The molecule has 0 bridgehead atoms. The Balaban J connectivity index is 1.69. The molecule has 0 aliphatic carbocycles. The number of carbonyl (C=O) groups is 2. The number of benzene rings is 2. The molecule has 0 aromatic heterocycles. The molecule has 2 aliphatic heterocycles. The maximum Gasteiger partial charge on any atom is 0.295 e. The molecule has 4 rings (SSSR count). The predicted octanol–water partition coefficient (Wildman–Crippen LogP) is 5.61. The number of rotatable bonds is 14. The van der Waals surface area contributed by atoms with E-state index in [2.05, 4.69) is 32.6 Å². The molecule has 0 radical (unpaired) electrons. The first-order valence-electron chi connectivity index (χ1n) is 15.7. The van der Waals surface area contributed by atoms with Crippen LogP contribution in [0.3, 0.4) is 0 Å². The lowest BCUT2D eigenvalue weighted by Gasteiger charge is -2.29. The molecule has 2 heterocycles. The summed E-state index contributed by atoms with van der Waals surface area (Å²) >= 11 is 0. The zero-order chi connectivity index (χ0) is 31.8. The first-order valence-corrected chi connectivity index (χ1v) is 15.7. The highest BCUT2D eigenvalue weighted by molar-refractivity contribution is 6.46. The normalized spacial score (nSPS) is 18.8. The molecule has 9 heteroatoms. The lowest BCUT2D eigenvalue weighted by atomic mass is 9.94. The third-order valence-electron chi connectivity index (χ3n) is 7.99. The lowest BCUT2D eigenvalue weighted by molar-refractivity contribution is -0.140. The number of ether oxygens (including phenoxy) is 4. The fraction of sp³-hybridized carbons (Fsp3) is 0.543. The van der Waals surface area contributed by atoms with E-state index in [1.54, 1.807) is 36.3 Å². The van der Waals surface area contributed by atoms with Crippen LogP contribution in [0.4, 0.5) is 0 Å². The van der Waals surface area contributed by atoms with Gasteiger partial charge in [-0.05, 0) is 73.1 Å². The number of ketones is 1. The Bertz CT molecular complexity index is 1330. The number of hydrogen-bond acceptors (Lipinski definition) is 8. The topological polar surface area (TPSA) is 97.8 Å². The number of likely N-dealkylation sites (tertiary alicyclic amines) is 1. The number of carbonyl (C=O) groups excluding carboxylic acids is 2. The minimum Gasteiger partial charge on any atom is -0.507 e. The van der Waals surface area contributed by atoms with Gasteiger partial charge >= 0.3 is 0 Å². The molecule has 2 saturated heterocycles. The van der Waals surface area contributed by atoms with Gasteiger partial charge in [0.15, 0.2) is 11.5 Å². The van der Waals surface area contributed by atoms with Crippen molar-refractivity contribution in [3.8, 4) is 17.2 Å². The lowest BCUT2D eigenvalue weighted by Crippen LogP contribution is -2.39. The second-order valence-corrected chi connectivity index (χ2v) is 12.4. The number of Topliss-reactive ketones (excluding diaryl/α,β-unsaturated/α-hetero) is 1. The van der Waals surface area contributed by atoms with E-state index in [4.69, 9.17) is 18.9 Å². The fourth-order valence-corrected chi connectivity index (χ4v) is 5.50. The molecule has 1 amide bonds. The predicted molar refractivity (Wildman–Crippen MR) is 170 cm³/mol. The molecule has 1 N–H and O–H groups in total. The SMILES string of the molecule is COc1cc(C2C(=C(O)c3ccc(OCC(C)C)c(C)c3)C(=O)C(=O)N2CCCN2CCOCC2)ccc1OCCC(C)C. The zero-order valence-corrected chi connectivity index (χ0v) is 27.1. The monoisotopic (exact) mass is 608 g/mol. The maximum atomic E-state index is 13.6. The Morgan fingerprint density at radius 2 is 1.68 bits per heavy atom. The van der Waals surface area contributed by atoms with E-state index < -0.39 is 17.7 Å². The molecule has 2 aromatic carbocycles. The molecule has 0 spiro atoms. The number of amides is 1. The Kier molecular flexibility index (Phi) is 11.7. The van der Waals surface area contributed by atoms with E-state index in [9.17, 15) is 14.7 Å². The van der Waals surface area contributed by atoms with Gasteiger partial charge in [0.25, 0.3) is 11.7 Å². The number of hydrogen-bond donors (Lipinski definition) is 1. The van der Waals surface area contributed by atoms with Gasteiger partial charge in [-0.25, -0.2) is 0 Å². The second kappa shape index (κ2) is 15.4. The number of nitrogens with zero attached hydrogens (tertiary/aromatic N) is 2. The average Bonchev–Trinajstić information content (AvgIpc) is 3.25. The fourth-order valence-electron chi connectivity index (χ4n) is 5.50. The zero-order valence-electron chi connectivity index (χ0n) is 27.1. The number of methoxy groups -OCH3 is 1. The molecule has 0 saturated carbocycles. The van der Waals surface area contributed by atoms with Crippen LogP contribution in [-0.4, -0.2) is 86.3 Å². The Hall–Kier alpha value is -3.56. The largest absolute Gasteiger partial charge is 0.507 e. The van der Waals surface area contributed by atoms with Crippen molar-refractivity contribution in [1.29, 1.82) is 0 Å². The van der Waals surface area contributed by atoms with Gasteiger partial charge in [-0.3, -0.25) is 14.5 Å². The second-order valence-electron chi connectivity index (χ2n) is 12.4. The van der Waals surface area contributed by atoms with Crippen molar-refractivity contribution in [2.24, 2.45) is 11.8 Å². The third kappa shape index (κ3) is 8.12. The van der Waals surface area contributed by atoms with E-state index in [0.29, 0.717) is 79.6 Å². The summed E-state index contributed by atoms with van der Waals surface area (Å²) in [5.74, 6) is 1.15. The van der Waals surface area contributed by atoms with Crippen molar-refractivity contribution in [3.63, 3.8) is 0 Å². The highest BCUT2D eigenvalue weighted by Gasteiger charge is 2.46. The van der Waals surface area contributed by atoms with Gasteiger partial charge < -0.3 is 29.0 Å². The maximum absolute atomic E-state index is 13.6. The van der Waals surface area contributed by atoms with E-state index >= 15 is 0 Å². The number of aliphatic hydroxyl groups is 1. The van der Waals surface area contributed by atoms with Crippen molar-refractivity contribution in [3.05, 3.63) is 58.7 Å².